The van der Waals surface area contributed by atoms with Gasteiger partial charge in [0.05, 0.1) is 11.0 Å². The summed E-state index contributed by atoms with van der Waals surface area (Å²) in [5, 5.41) is 2.43. The third-order valence-corrected chi connectivity index (χ3v) is 6.33. The Balaban J connectivity index is 1.45. The van der Waals surface area contributed by atoms with Crippen LogP contribution in [0.4, 0.5) is 0 Å². The van der Waals surface area contributed by atoms with Gasteiger partial charge in [-0.3, -0.25) is 0 Å². The molecule has 1 aromatic heterocycles. The Morgan fingerprint density at radius 3 is 2.27 bits per heavy atom. The molecule has 0 aliphatic rings. The first-order valence-corrected chi connectivity index (χ1v) is 12.6. The van der Waals surface area contributed by atoms with Crippen LogP contribution in [0.2, 0.25) is 0 Å². The first kappa shape index (κ1) is 23.3. The highest BCUT2D eigenvalue weighted by Crippen LogP contribution is 2.23. The van der Waals surface area contributed by atoms with Crippen molar-refractivity contribution < 1.29 is 4.74 Å². The molecule has 4 aromatic rings. The fourth-order valence-corrected chi connectivity index (χ4v) is 4.44. The van der Waals surface area contributed by atoms with Crippen molar-refractivity contribution in [1.82, 2.24) is 14.5 Å². The van der Waals surface area contributed by atoms with Crippen LogP contribution in [0.15, 0.2) is 66.7 Å². The molecule has 0 aliphatic heterocycles. The molecule has 4 nitrogen and oxygen atoms in total. The maximum atomic E-state index is 6.21. The van der Waals surface area contributed by atoms with Crippen LogP contribution in [0.3, 0.4) is 0 Å². The molecule has 1 heterocycles. The van der Waals surface area contributed by atoms with E-state index in [9.17, 15) is 0 Å². The molecule has 0 fully saturated rings. The van der Waals surface area contributed by atoms with Crippen molar-refractivity contribution in [1.29, 1.82) is 0 Å². The van der Waals surface area contributed by atoms with Crippen LogP contribution in [-0.2, 0) is 13.2 Å². The Bertz CT molecular complexity index is 1140. The lowest BCUT2D eigenvalue weighted by Crippen LogP contribution is -2.28. The van der Waals surface area contributed by atoms with Crippen LogP contribution >= 0.6 is 0 Å². The molecule has 0 atom stereocenters. The van der Waals surface area contributed by atoms with E-state index in [2.05, 4.69) is 90.0 Å². The summed E-state index contributed by atoms with van der Waals surface area (Å²) in [6.45, 7) is 9.54. The Morgan fingerprint density at radius 1 is 0.788 bits per heavy atom. The van der Waals surface area contributed by atoms with E-state index >= 15 is 0 Å². The number of nitrogens with zero attached hydrogens (tertiary/aromatic N) is 3. The van der Waals surface area contributed by atoms with Crippen molar-refractivity contribution >= 4 is 21.8 Å². The fraction of sp³-hybridized carbons (Fsp3) is 0.414. The minimum absolute atomic E-state index is 0.475. The second-order valence-corrected chi connectivity index (χ2v) is 8.87. The summed E-state index contributed by atoms with van der Waals surface area (Å²) < 4.78 is 8.57. The zero-order valence-electron chi connectivity index (χ0n) is 20.2. The zero-order valence-corrected chi connectivity index (χ0v) is 20.2. The smallest absolute Gasteiger partial charge is 0.147 e. The van der Waals surface area contributed by atoms with Crippen LogP contribution in [-0.4, -0.2) is 34.1 Å². The Labute approximate surface area is 198 Å². The summed E-state index contributed by atoms with van der Waals surface area (Å²) in [4.78, 5) is 7.55. The van der Waals surface area contributed by atoms with Gasteiger partial charge in [0.15, 0.2) is 0 Å². The van der Waals surface area contributed by atoms with Crippen molar-refractivity contribution in [2.24, 2.45) is 0 Å². The lowest BCUT2D eigenvalue weighted by atomic mass is 10.1. The standard InChI is InChI=1S/C29H37N3O/c1-3-5-18-31(19-6-4-2)20-11-21-32-28-15-10-9-14-27(28)30-29(32)23-33-26-17-16-24-12-7-8-13-25(24)22-26/h7-10,12-17,22H,3-6,11,18-21,23H2,1-2H3. The van der Waals surface area contributed by atoms with E-state index in [1.165, 1.54) is 55.1 Å². The van der Waals surface area contributed by atoms with Gasteiger partial charge >= 0.3 is 0 Å². The van der Waals surface area contributed by atoms with Gasteiger partial charge in [-0.15, -0.1) is 0 Å². The Hall–Kier alpha value is -2.85. The van der Waals surface area contributed by atoms with E-state index in [1.54, 1.807) is 0 Å². The molecule has 0 saturated carbocycles. The second-order valence-electron chi connectivity index (χ2n) is 8.87. The van der Waals surface area contributed by atoms with Gasteiger partial charge in [0.1, 0.15) is 18.2 Å². The Kier molecular flexibility index (Phi) is 8.37. The first-order chi connectivity index (χ1) is 16.3. The van der Waals surface area contributed by atoms with E-state index in [4.69, 9.17) is 9.72 Å². The molecular weight excluding hydrogens is 406 g/mol. The minimum Gasteiger partial charge on any atom is -0.486 e. The summed E-state index contributed by atoms with van der Waals surface area (Å²) >= 11 is 0. The van der Waals surface area contributed by atoms with Gasteiger partial charge in [0, 0.05) is 6.54 Å². The van der Waals surface area contributed by atoms with Crippen LogP contribution in [0.5, 0.6) is 5.75 Å². The summed E-state index contributed by atoms with van der Waals surface area (Å²) in [7, 11) is 0. The molecule has 0 bridgehead atoms. The molecule has 33 heavy (non-hydrogen) atoms. The number of benzene rings is 3. The molecular formula is C29H37N3O. The molecule has 0 aliphatic carbocycles. The fourth-order valence-electron chi connectivity index (χ4n) is 4.44. The van der Waals surface area contributed by atoms with Gasteiger partial charge in [0.25, 0.3) is 0 Å². The van der Waals surface area contributed by atoms with E-state index in [0.717, 1.165) is 36.6 Å². The van der Waals surface area contributed by atoms with Gasteiger partial charge in [-0.05, 0) is 73.9 Å². The number of hydrogen-bond acceptors (Lipinski definition) is 3. The highest BCUT2D eigenvalue weighted by molar-refractivity contribution is 5.83. The zero-order chi connectivity index (χ0) is 22.9. The SMILES string of the molecule is CCCCN(CCCC)CCCn1c(COc2ccc3ccccc3c2)nc2ccccc21. The summed E-state index contributed by atoms with van der Waals surface area (Å²) in [5.41, 5.74) is 2.24. The molecule has 0 spiro atoms. The average molecular weight is 444 g/mol. The van der Waals surface area contributed by atoms with Crippen molar-refractivity contribution in [2.75, 3.05) is 19.6 Å². The number of imidazole rings is 1. The summed E-state index contributed by atoms with van der Waals surface area (Å²) in [6.07, 6.45) is 6.19. The molecule has 174 valence electrons. The molecule has 0 N–H and O–H groups in total. The number of fused-ring (bicyclic) bond motifs is 2. The third-order valence-electron chi connectivity index (χ3n) is 6.33. The minimum atomic E-state index is 0.475. The number of rotatable bonds is 13. The molecule has 3 aromatic carbocycles. The van der Waals surface area contributed by atoms with E-state index < -0.39 is 0 Å². The maximum Gasteiger partial charge on any atom is 0.147 e. The number of aryl methyl sites for hydroxylation is 1. The van der Waals surface area contributed by atoms with Crippen LogP contribution < -0.4 is 4.74 Å². The normalized spacial score (nSPS) is 11.6. The van der Waals surface area contributed by atoms with Crippen molar-refractivity contribution in [3.8, 4) is 5.75 Å². The number of unbranched alkanes of at least 4 members (excludes halogenated alkanes) is 2. The number of aromatic nitrogens is 2. The highest BCUT2D eigenvalue weighted by atomic mass is 16.5. The number of para-hydroxylation sites is 2. The third kappa shape index (κ3) is 6.14. The molecule has 0 unspecified atom stereocenters. The lowest BCUT2D eigenvalue weighted by Gasteiger charge is -2.22. The van der Waals surface area contributed by atoms with Crippen LogP contribution in [0, 0.1) is 0 Å². The quantitative estimate of drug-likeness (QED) is 0.221. The molecule has 4 heteroatoms. The predicted molar refractivity (Wildman–Crippen MR) is 139 cm³/mol. The maximum absolute atomic E-state index is 6.21. The summed E-state index contributed by atoms with van der Waals surface area (Å²) in [6, 6.07) is 23.1. The second kappa shape index (κ2) is 11.9. The number of ether oxygens (including phenoxy) is 1. The van der Waals surface area contributed by atoms with Gasteiger partial charge < -0.3 is 14.2 Å². The van der Waals surface area contributed by atoms with Gasteiger partial charge in [-0.2, -0.15) is 0 Å². The van der Waals surface area contributed by atoms with Crippen LogP contribution in [0.25, 0.3) is 21.8 Å². The molecule has 4 rings (SSSR count). The highest BCUT2D eigenvalue weighted by Gasteiger charge is 2.12. The first-order valence-electron chi connectivity index (χ1n) is 12.6. The lowest BCUT2D eigenvalue weighted by molar-refractivity contribution is 0.254. The van der Waals surface area contributed by atoms with Gasteiger partial charge in [0.2, 0.25) is 0 Å². The monoisotopic (exact) mass is 443 g/mol. The van der Waals surface area contributed by atoms with E-state index in [-0.39, 0.29) is 0 Å². The summed E-state index contributed by atoms with van der Waals surface area (Å²) in [5.74, 6) is 1.88. The topological polar surface area (TPSA) is 30.3 Å². The van der Waals surface area contributed by atoms with E-state index in [0.29, 0.717) is 6.61 Å². The van der Waals surface area contributed by atoms with Crippen molar-refractivity contribution in [2.45, 2.75) is 59.1 Å². The largest absolute Gasteiger partial charge is 0.486 e. The van der Waals surface area contributed by atoms with Gasteiger partial charge in [-0.25, -0.2) is 4.98 Å². The Morgan fingerprint density at radius 2 is 1.48 bits per heavy atom. The van der Waals surface area contributed by atoms with Crippen molar-refractivity contribution in [3.05, 3.63) is 72.6 Å². The van der Waals surface area contributed by atoms with E-state index in [1.807, 2.05) is 0 Å². The molecule has 0 radical (unpaired) electrons. The molecule has 0 amide bonds. The predicted octanol–water partition coefficient (Wildman–Crippen LogP) is 7.06. The molecule has 0 saturated heterocycles. The average Bonchev–Trinajstić information content (AvgIpc) is 3.21. The van der Waals surface area contributed by atoms with Crippen molar-refractivity contribution in [3.63, 3.8) is 0 Å². The van der Waals surface area contributed by atoms with Crippen LogP contribution in [0.1, 0.15) is 51.8 Å². The number of hydrogen-bond donors (Lipinski definition) is 0. The van der Waals surface area contributed by atoms with Gasteiger partial charge in [-0.1, -0.05) is 69.2 Å².